The Morgan fingerprint density at radius 2 is 1.31 bits per heavy atom. The van der Waals surface area contributed by atoms with Crippen LogP contribution in [-0.2, 0) is 10.9 Å². The molecule has 0 spiro atoms. The second kappa shape index (κ2) is 9.82. The Balaban J connectivity index is 0.000000520. The van der Waals surface area contributed by atoms with E-state index in [2.05, 4.69) is 60.7 Å². The molecule has 0 unspecified atom stereocenters. The van der Waals surface area contributed by atoms with Crippen LogP contribution < -0.4 is 0 Å². The summed E-state index contributed by atoms with van der Waals surface area (Å²) in [5.41, 5.74) is 2.89. The van der Waals surface area contributed by atoms with Crippen LogP contribution in [0.2, 0.25) is 0 Å². The Morgan fingerprint density at radius 3 is 1.65 bits per heavy atom. The van der Waals surface area contributed by atoms with Gasteiger partial charge >= 0.3 is 14.5 Å². The van der Waals surface area contributed by atoms with Crippen LogP contribution in [0.15, 0.2) is 34.3 Å². The Kier molecular flexibility index (Phi) is 9.45. The number of fused-ring (bicyclic) bond motifs is 1. The Hall–Kier alpha value is -0.970. The predicted molar refractivity (Wildman–Crippen MR) is 97.7 cm³/mol. The molecule has 0 saturated carbocycles. The first-order chi connectivity index (χ1) is 11.5. The van der Waals surface area contributed by atoms with Crippen molar-refractivity contribution in [3.8, 4) is 0 Å². The predicted octanol–water partition coefficient (Wildman–Crippen LogP) is 5.97. The highest BCUT2D eigenvalue weighted by molar-refractivity contribution is 8.16. The van der Waals surface area contributed by atoms with Crippen LogP contribution in [0.25, 0.3) is 5.52 Å². The lowest BCUT2D eigenvalue weighted by Crippen LogP contribution is -2.02. The molecule has 2 aromatic rings. The van der Waals surface area contributed by atoms with E-state index in [1.54, 1.807) is 0 Å². The van der Waals surface area contributed by atoms with Crippen LogP contribution in [0.1, 0.15) is 5.56 Å². The highest BCUT2D eigenvalue weighted by Crippen LogP contribution is 2.39. The van der Waals surface area contributed by atoms with Crippen molar-refractivity contribution in [2.45, 2.75) is 16.8 Å². The number of hydrogen-bond acceptors (Lipinski definition) is 0. The van der Waals surface area contributed by atoms with Crippen molar-refractivity contribution in [2.24, 2.45) is 0 Å². The summed E-state index contributed by atoms with van der Waals surface area (Å²) in [5.74, 6) is 0. The number of hydrogen-bond donors (Lipinski definition) is 0. The molecule has 0 saturated heterocycles. The summed E-state index contributed by atoms with van der Waals surface area (Å²) < 4.78 is 80.4. The van der Waals surface area contributed by atoms with E-state index in [1.165, 1.54) is 21.0 Å². The highest BCUT2D eigenvalue weighted by atomic mass is 32.2. The van der Waals surface area contributed by atoms with Gasteiger partial charge in [0, 0.05) is 27.6 Å². The number of nitrogens with zero attached hydrogens (tertiary/aromatic N) is 1. The fourth-order valence-corrected chi connectivity index (χ4v) is 4.92. The summed E-state index contributed by atoms with van der Waals surface area (Å²) in [6.45, 7) is 2.28. The van der Waals surface area contributed by atoms with Gasteiger partial charge in [-0.3, -0.25) is 4.40 Å². The molecule has 0 N–H and O–H groups in total. The Morgan fingerprint density at radius 1 is 0.885 bits per heavy atom. The van der Waals surface area contributed by atoms with Gasteiger partial charge in [-0.25, -0.2) is 0 Å². The highest BCUT2D eigenvalue weighted by Gasteiger charge is 2.24. The van der Waals surface area contributed by atoms with E-state index in [4.69, 9.17) is 0 Å². The molecule has 0 atom stereocenters. The average molecular weight is 427 g/mol. The van der Waals surface area contributed by atoms with Crippen LogP contribution in [0.4, 0.5) is 34.5 Å². The molecule has 1 nitrogen and oxygen atoms in total. The maximum Gasteiger partial charge on any atom is 0.673 e. The fourth-order valence-electron chi connectivity index (χ4n) is 2.29. The van der Waals surface area contributed by atoms with Crippen molar-refractivity contribution in [1.82, 2.24) is 4.40 Å². The zero-order valence-electron chi connectivity index (χ0n) is 14.8. The molecule has 151 valence electrons. The van der Waals surface area contributed by atoms with Crippen molar-refractivity contribution < 1.29 is 34.5 Å². The zero-order chi connectivity index (χ0) is 20.9. The van der Waals surface area contributed by atoms with E-state index in [1.807, 2.05) is 0 Å². The third kappa shape index (κ3) is 9.65. The third-order valence-electron chi connectivity index (χ3n) is 2.77. The molecular weight excluding hydrogens is 408 g/mol. The monoisotopic (exact) mass is 427 g/mol. The molecule has 2 rings (SSSR count). The Labute approximate surface area is 153 Å². The van der Waals surface area contributed by atoms with Gasteiger partial charge in [-0.05, 0) is 31.6 Å². The minimum absolute atomic E-state index is 0.307. The van der Waals surface area contributed by atoms with E-state index >= 15 is 0 Å². The van der Waals surface area contributed by atoms with Gasteiger partial charge in [-0.15, -0.1) is 0 Å². The molecule has 0 amide bonds. The first-order valence-corrected chi connectivity index (χ1v) is 11.1. The molecule has 2 heterocycles. The van der Waals surface area contributed by atoms with Crippen LogP contribution >= 0.6 is 10.9 Å². The molecule has 26 heavy (non-hydrogen) atoms. The van der Waals surface area contributed by atoms with Gasteiger partial charge in [0.2, 0.25) is 5.03 Å². The van der Waals surface area contributed by atoms with Gasteiger partial charge in [0.1, 0.15) is 12.5 Å². The average Bonchev–Trinajstić information content (AvgIpc) is 2.66. The first kappa shape index (κ1) is 25.0. The number of halogens is 8. The molecule has 13 heteroatoms. The molecule has 0 fully saturated rings. The van der Waals surface area contributed by atoms with Crippen LogP contribution in [-0.4, -0.2) is 43.9 Å². The van der Waals surface area contributed by atoms with Gasteiger partial charge in [-0.1, -0.05) is 6.07 Å². The topological polar surface area (TPSA) is 4.41 Å². The Bertz CT molecular complexity index is 629. The number of aromatic nitrogens is 1. The van der Waals surface area contributed by atoms with Crippen molar-refractivity contribution >= 4 is 41.8 Å². The normalized spacial score (nSPS) is 12.0. The van der Waals surface area contributed by atoms with Crippen molar-refractivity contribution in [1.29, 1.82) is 0 Å². The number of rotatable bonds is 2. The maximum absolute atomic E-state index is 9.75. The van der Waals surface area contributed by atoms with Crippen molar-refractivity contribution in [3.63, 3.8) is 0 Å². The molecule has 0 aliphatic rings. The van der Waals surface area contributed by atoms with Gasteiger partial charge < -0.3 is 34.5 Å². The third-order valence-corrected chi connectivity index (χ3v) is 5.38. The summed E-state index contributed by atoms with van der Waals surface area (Å²) in [5, 5.41) is 1.49. The van der Waals surface area contributed by atoms with Crippen LogP contribution in [0.3, 0.4) is 0 Å². The van der Waals surface area contributed by atoms with Gasteiger partial charge in [0.25, 0.3) is 0 Å². The second-order valence-electron chi connectivity index (χ2n) is 5.34. The van der Waals surface area contributed by atoms with Crippen molar-refractivity contribution in [3.05, 3.63) is 30.0 Å². The minimum atomic E-state index is -6.00. The van der Waals surface area contributed by atoms with E-state index in [9.17, 15) is 34.5 Å². The lowest BCUT2D eigenvalue weighted by molar-refractivity contribution is 0.366. The molecule has 0 aromatic carbocycles. The summed E-state index contributed by atoms with van der Waals surface area (Å²) in [6, 6.07) is 6.50. The van der Waals surface area contributed by atoms with Gasteiger partial charge in [0.15, 0.2) is 0 Å². The van der Waals surface area contributed by atoms with E-state index < -0.39 is 14.5 Å². The maximum atomic E-state index is 9.75. The largest absolute Gasteiger partial charge is 0.673 e. The minimum Gasteiger partial charge on any atom is -0.418 e. The molecule has 1 radical (unpaired) electrons. The van der Waals surface area contributed by atoms with E-state index in [0.29, 0.717) is 21.8 Å². The van der Waals surface area contributed by atoms with E-state index in [0.717, 1.165) is 0 Å². The lowest BCUT2D eigenvalue weighted by Gasteiger charge is -2.06. The molecule has 2 aromatic heterocycles. The quantitative estimate of drug-likeness (QED) is 0.316. The standard InChI is InChI=1S/C13H19NS2.2BF4/c1-10-12(15(2)3)11-8-6-7-9-14(11)13(10)16(4)5;2*2-1(3,4)5/h6-9H,1-5H3;;/q+1;2*-1. The summed E-state index contributed by atoms with van der Waals surface area (Å²) >= 11 is 0. The number of pyridine rings is 1. The second-order valence-corrected chi connectivity index (χ2v) is 9.40. The van der Waals surface area contributed by atoms with Gasteiger partial charge in [0.05, 0.1) is 5.52 Å². The smallest absolute Gasteiger partial charge is 0.418 e. The summed E-state index contributed by atoms with van der Waals surface area (Å²) in [6.07, 6.45) is 11.4. The summed E-state index contributed by atoms with van der Waals surface area (Å²) in [4.78, 5) is 1.54. The summed E-state index contributed by atoms with van der Waals surface area (Å²) in [7, 11) is -11.4. The fraction of sp³-hybridized carbons (Fsp3) is 0.385. The molecule has 0 bridgehead atoms. The molecule has 0 aliphatic heterocycles. The van der Waals surface area contributed by atoms with Crippen LogP contribution in [0, 0.1) is 6.92 Å². The first-order valence-electron chi connectivity index (χ1n) is 7.03. The molecular formula is C13H19B2F8NS2-. The SMILES string of the molecule is Cc1c([S](C)C)c2ccccn2c1[S+](C)C.F[B-](F)(F)F.F[B-](F)(F)F. The van der Waals surface area contributed by atoms with Crippen LogP contribution in [0.5, 0.6) is 0 Å². The van der Waals surface area contributed by atoms with E-state index in [-0.39, 0.29) is 0 Å². The lowest BCUT2D eigenvalue weighted by atomic mass is 10.3. The zero-order valence-corrected chi connectivity index (χ0v) is 16.4. The van der Waals surface area contributed by atoms with Crippen molar-refractivity contribution in [2.75, 3.05) is 25.0 Å². The molecule has 0 aliphatic carbocycles. The van der Waals surface area contributed by atoms with Gasteiger partial charge in [-0.2, -0.15) is 10.9 Å².